The Morgan fingerprint density at radius 3 is 2.33 bits per heavy atom. The van der Waals surface area contributed by atoms with Crippen LogP contribution in [0.1, 0.15) is 43.8 Å². The summed E-state index contributed by atoms with van der Waals surface area (Å²) in [4.78, 5) is 7.90. The molecule has 0 aliphatic carbocycles. The quantitative estimate of drug-likeness (QED) is 0.802. The molecule has 0 radical (unpaired) electrons. The first-order chi connectivity index (χ1) is 8.76. The molecule has 1 aromatic heterocycles. The first-order valence-electron chi connectivity index (χ1n) is 6.42. The zero-order valence-electron chi connectivity index (χ0n) is 10.9. The minimum Gasteiger partial charge on any atom is -0.344 e. The number of nitrogens with zero attached hydrogens (tertiary/aromatic N) is 1. The molecule has 0 saturated carbocycles. The minimum atomic E-state index is -0.0361. The molecule has 0 atom stereocenters. The Labute approximate surface area is 113 Å². The number of rotatable bonds is 5. The minimum absolute atomic E-state index is 0.0361. The molecule has 0 amide bonds. The number of imidazole rings is 1. The highest BCUT2D eigenvalue weighted by atomic mass is 35.5. The molecule has 18 heavy (non-hydrogen) atoms. The highest BCUT2D eigenvalue weighted by Crippen LogP contribution is 2.36. The third kappa shape index (κ3) is 2.17. The second kappa shape index (κ2) is 5.57. The lowest BCUT2D eigenvalue weighted by Gasteiger charge is -2.30. The molecule has 2 rings (SSSR count). The number of aromatic amines is 1. The zero-order valence-corrected chi connectivity index (χ0v) is 11.7. The van der Waals surface area contributed by atoms with Gasteiger partial charge in [0, 0.05) is 11.9 Å². The van der Waals surface area contributed by atoms with E-state index in [1.165, 1.54) is 5.56 Å². The van der Waals surface area contributed by atoms with E-state index >= 15 is 0 Å². The van der Waals surface area contributed by atoms with Crippen molar-refractivity contribution in [2.24, 2.45) is 0 Å². The van der Waals surface area contributed by atoms with Crippen molar-refractivity contribution in [2.45, 2.75) is 38.0 Å². The molecule has 0 bridgehead atoms. The normalized spacial score (nSPS) is 11.7. The predicted molar refractivity (Wildman–Crippen MR) is 75.9 cm³/mol. The smallest absolute Gasteiger partial charge is 0.116 e. The van der Waals surface area contributed by atoms with Crippen molar-refractivity contribution in [3.05, 3.63) is 53.6 Å². The maximum Gasteiger partial charge on any atom is 0.116 e. The van der Waals surface area contributed by atoms with Crippen molar-refractivity contribution in [1.82, 2.24) is 9.97 Å². The van der Waals surface area contributed by atoms with Gasteiger partial charge in [0.05, 0.1) is 11.3 Å². The van der Waals surface area contributed by atoms with Gasteiger partial charge in [-0.3, -0.25) is 0 Å². The van der Waals surface area contributed by atoms with Gasteiger partial charge < -0.3 is 4.98 Å². The van der Waals surface area contributed by atoms with Gasteiger partial charge in [-0.15, -0.1) is 11.6 Å². The molecule has 0 fully saturated rings. The molecule has 0 aliphatic heterocycles. The summed E-state index contributed by atoms with van der Waals surface area (Å²) in [5.41, 5.74) is 2.25. The fraction of sp³-hybridized carbons (Fsp3) is 0.400. The van der Waals surface area contributed by atoms with E-state index in [4.69, 9.17) is 11.6 Å². The van der Waals surface area contributed by atoms with E-state index in [0.29, 0.717) is 5.88 Å². The number of H-pyrrole nitrogens is 1. The molecule has 0 unspecified atom stereocenters. The lowest BCUT2D eigenvalue weighted by molar-refractivity contribution is 0.453. The second-order valence-electron chi connectivity index (χ2n) is 4.55. The van der Waals surface area contributed by atoms with Gasteiger partial charge in [0.25, 0.3) is 0 Å². The Kier molecular flexibility index (Phi) is 4.07. The SMILES string of the molecule is CCC(CC)(c1ccccc1)c1ncc(CCl)[nH]1. The summed E-state index contributed by atoms with van der Waals surface area (Å²) in [7, 11) is 0. The number of benzene rings is 1. The molecular weight excluding hydrogens is 244 g/mol. The molecule has 3 heteroatoms. The van der Waals surface area contributed by atoms with Crippen molar-refractivity contribution in [1.29, 1.82) is 0 Å². The van der Waals surface area contributed by atoms with Crippen molar-refractivity contribution in [3.8, 4) is 0 Å². The Bertz CT molecular complexity index is 486. The van der Waals surface area contributed by atoms with Crippen LogP contribution in [0.5, 0.6) is 0 Å². The van der Waals surface area contributed by atoms with Crippen LogP contribution in [0.2, 0.25) is 0 Å². The van der Waals surface area contributed by atoms with E-state index in [2.05, 4.69) is 48.1 Å². The number of halogens is 1. The average molecular weight is 263 g/mol. The molecule has 2 aromatic rings. The third-order valence-corrected chi connectivity index (χ3v) is 4.05. The van der Waals surface area contributed by atoms with Gasteiger partial charge in [-0.25, -0.2) is 4.98 Å². The maximum atomic E-state index is 5.85. The lowest BCUT2D eigenvalue weighted by Crippen LogP contribution is -2.27. The van der Waals surface area contributed by atoms with Crippen LogP contribution >= 0.6 is 11.6 Å². The molecule has 96 valence electrons. The first kappa shape index (κ1) is 13.2. The summed E-state index contributed by atoms with van der Waals surface area (Å²) in [6, 6.07) is 10.6. The molecule has 0 saturated heterocycles. The van der Waals surface area contributed by atoms with E-state index in [9.17, 15) is 0 Å². The van der Waals surface area contributed by atoms with Crippen LogP contribution < -0.4 is 0 Å². The van der Waals surface area contributed by atoms with Crippen LogP contribution in [0.25, 0.3) is 0 Å². The fourth-order valence-corrected chi connectivity index (χ4v) is 2.69. The number of aromatic nitrogens is 2. The topological polar surface area (TPSA) is 28.7 Å². The van der Waals surface area contributed by atoms with Crippen LogP contribution in [0.4, 0.5) is 0 Å². The van der Waals surface area contributed by atoms with Crippen LogP contribution in [-0.2, 0) is 11.3 Å². The van der Waals surface area contributed by atoms with E-state index in [-0.39, 0.29) is 5.41 Å². The molecule has 2 nitrogen and oxygen atoms in total. The van der Waals surface area contributed by atoms with Gasteiger partial charge in [0.15, 0.2) is 0 Å². The molecule has 1 aromatic carbocycles. The van der Waals surface area contributed by atoms with Crippen molar-refractivity contribution < 1.29 is 0 Å². The van der Waals surface area contributed by atoms with Gasteiger partial charge in [0.1, 0.15) is 5.82 Å². The molecule has 0 spiro atoms. The lowest BCUT2D eigenvalue weighted by atomic mass is 9.75. The van der Waals surface area contributed by atoms with Crippen molar-refractivity contribution >= 4 is 11.6 Å². The Hall–Kier alpha value is -1.28. The summed E-state index contributed by atoms with van der Waals surface area (Å²) in [6.45, 7) is 4.42. The van der Waals surface area contributed by atoms with Gasteiger partial charge >= 0.3 is 0 Å². The van der Waals surface area contributed by atoms with E-state index in [0.717, 1.165) is 24.4 Å². The summed E-state index contributed by atoms with van der Waals surface area (Å²) >= 11 is 5.85. The third-order valence-electron chi connectivity index (χ3n) is 3.76. The number of hydrogen-bond acceptors (Lipinski definition) is 1. The monoisotopic (exact) mass is 262 g/mol. The highest BCUT2D eigenvalue weighted by Gasteiger charge is 2.33. The number of hydrogen-bond donors (Lipinski definition) is 1. The second-order valence-corrected chi connectivity index (χ2v) is 4.81. The number of alkyl halides is 1. The van der Waals surface area contributed by atoms with Crippen molar-refractivity contribution in [2.75, 3.05) is 0 Å². The average Bonchev–Trinajstić information content (AvgIpc) is 2.91. The van der Waals surface area contributed by atoms with Gasteiger partial charge in [-0.2, -0.15) is 0 Å². The summed E-state index contributed by atoms with van der Waals surface area (Å²) in [6.07, 6.45) is 3.87. The summed E-state index contributed by atoms with van der Waals surface area (Å²) < 4.78 is 0. The van der Waals surface area contributed by atoms with Crippen LogP contribution in [-0.4, -0.2) is 9.97 Å². The highest BCUT2D eigenvalue weighted by molar-refractivity contribution is 6.16. The van der Waals surface area contributed by atoms with Gasteiger partial charge in [-0.1, -0.05) is 44.2 Å². The first-order valence-corrected chi connectivity index (χ1v) is 6.96. The van der Waals surface area contributed by atoms with Crippen LogP contribution in [0.15, 0.2) is 36.5 Å². The number of nitrogens with one attached hydrogen (secondary N) is 1. The molecule has 1 heterocycles. The molecule has 0 aliphatic rings. The Morgan fingerprint density at radius 2 is 1.83 bits per heavy atom. The standard InChI is InChI=1S/C15H19ClN2/c1-3-15(4-2,12-8-6-5-7-9-12)14-17-11-13(10-16)18-14/h5-9,11H,3-4,10H2,1-2H3,(H,17,18). The van der Waals surface area contributed by atoms with Crippen LogP contribution in [0, 0.1) is 0 Å². The fourth-order valence-electron chi connectivity index (χ4n) is 2.56. The predicted octanol–water partition coefficient (Wildman–Crippen LogP) is 4.25. The maximum absolute atomic E-state index is 5.85. The van der Waals surface area contributed by atoms with Crippen molar-refractivity contribution in [3.63, 3.8) is 0 Å². The largest absolute Gasteiger partial charge is 0.344 e. The van der Waals surface area contributed by atoms with E-state index in [1.54, 1.807) is 0 Å². The summed E-state index contributed by atoms with van der Waals surface area (Å²) in [5.74, 6) is 1.50. The Morgan fingerprint density at radius 1 is 1.17 bits per heavy atom. The van der Waals surface area contributed by atoms with Gasteiger partial charge in [-0.05, 0) is 18.4 Å². The van der Waals surface area contributed by atoms with E-state index in [1.807, 2.05) is 12.3 Å². The molecular formula is C15H19ClN2. The summed E-state index contributed by atoms with van der Waals surface area (Å²) in [5, 5.41) is 0. The molecule has 1 N–H and O–H groups in total. The van der Waals surface area contributed by atoms with E-state index < -0.39 is 0 Å². The Balaban J connectivity index is 2.50. The van der Waals surface area contributed by atoms with Crippen LogP contribution in [0.3, 0.4) is 0 Å². The van der Waals surface area contributed by atoms with Gasteiger partial charge in [0.2, 0.25) is 0 Å². The zero-order chi connectivity index (χ0) is 13.0.